The van der Waals surface area contributed by atoms with Crippen LogP contribution < -0.4 is 10.1 Å². The first-order valence-electron chi connectivity index (χ1n) is 9.61. The average Bonchev–Trinajstić information content (AvgIpc) is 2.73. The number of hydrogen-bond donors (Lipinski definition) is 1. The van der Waals surface area contributed by atoms with Crippen LogP contribution in [0.3, 0.4) is 0 Å². The molecule has 0 radical (unpaired) electrons. The number of nitrogens with zero attached hydrogens (tertiary/aromatic N) is 1. The van der Waals surface area contributed by atoms with Crippen molar-refractivity contribution in [2.45, 2.75) is 26.2 Å². The second kappa shape index (κ2) is 9.22. The van der Waals surface area contributed by atoms with Gasteiger partial charge in [0.1, 0.15) is 12.4 Å². The summed E-state index contributed by atoms with van der Waals surface area (Å²) in [5, 5.41) is 2.88. The predicted octanol–water partition coefficient (Wildman–Crippen LogP) is 4.52. The Bertz CT molecular complexity index is 852. The number of carbonyl (C=O) groups is 2. The molecule has 0 atom stereocenters. The van der Waals surface area contributed by atoms with Crippen molar-refractivity contribution in [2.24, 2.45) is 0 Å². The molecule has 1 saturated heterocycles. The van der Waals surface area contributed by atoms with E-state index in [1.807, 2.05) is 24.0 Å². The molecule has 5 heteroatoms. The highest BCUT2D eigenvalue weighted by molar-refractivity contribution is 6.09. The van der Waals surface area contributed by atoms with Crippen LogP contribution in [0.25, 0.3) is 0 Å². The van der Waals surface area contributed by atoms with Crippen LogP contribution in [-0.4, -0.2) is 36.4 Å². The van der Waals surface area contributed by atoms with E-state index in [4.69, 9.17) is 4.74 Å². The first-order chi connectivity index (χ1) is 13.5. The van der Waals surface area contributed by atoms with Gasteiger partial charge in [0.25, 0.3) is 11.8 Å². The van der Waals surface area contributed by atoms with Gasteiger partial charge in [-0.15, -0.1) is 0 Å². The molecule has 1 aliphatic rings. The molecule has 0 bridgehead atoms. The number of piperidine rings is 1. The van der Waals surface area contributed by atoms with Gasteiger partial charge in [0, 0.05) is 18.7 Å². The molecule has 146 valence electrons. The number of anilines is 1. The van der Waals surface area contributed by atoms with Crippen molar-refractivity contribution in [3.63, 3.8) is 0 Å². The van der Waals surface area contributed by atoms with Gasteiger partial charge in [-0.05, 0) is 68.2 Å². The van der Waals surface area contributed by atoms with Gasteiger partial charge in [-0.3, -0.25) is 9.59 Å². The Hall–Kier alpha value is -3.08. The van der Waals surface area contributed by atoms with E-state index >= 15 is 0 Å². The number of hydrogen-bond acceptors (Lipinski definition) is 3. The van der Waals surface area contributed by atoms with Crippen molar-refractivity contribution in [1.82, 2.24) is 4.90 Å². The predicted molar refractivity (Wildman–Crippen MR) is 111 cm³/mol. The number of nitrogens with one attached hydrogen (secondary N) is 1. The maximum absolute atomic E-state index is 12.9. The molecule has 0 aromatic heterocycles. The molecular weight excluding hydrogens is 352 g/mol. The second-order valence-electron chi connectivity index (χ2n) is 7.12. The Labute approximate surface area is 166 Å². The smallest absolute Gasteiger partial charge is 0.255 e. The van der Waals surface area contributed by atoms with E-state index in [-0.39, 0.29) is 11.8 Å². The van der Waals surface area contributed by atoms with Gasteiger partial charge in [0.05, 0.1) is 11.3 Å². The van der Waals surface area contributed by atoms with E-state index < -0.39 is 0 Å². The van der Waals surface area contributed by atoms with Crippen LogP contribution in [0.4, 0.5) is 5.69 Å². The third-order valence-corrected chi connectivity index (χ3v) is 4.65. The molecule has 28 heavy (non-hydrogen) atoms. The van der Waals surface area contributed by atoms with Gasteiger partial charge in [0.15, 0.2) is 0 Å². The minimum absolute atomic E-state index is 0.0286. The van der Waals surface area contributed by atoms with Gasteiger partial charge in [-0.1, -0.05) is 18.7 Å². The summed E-state index contributed by atoms with van der Waals surface area (Å²) in [7, 11) is 0. The quantitative estimate of drug-likeness (QED) is 0.752. The molecule has 0 spiro atoms. The summed E-state index contributed by atoms with van der Waals surface area (Å²) in [6.45, 7) is 7.68. The van der Waals surface area contributed by atoms with Crippen molar-refractivity contribution in [3.05, 3.63) is 71.8 Å². The maximum Gasteiger partial charge on any atom is 0.255 e. The normalized spacial score (nSPS) is 13.7. The lowest BCUT2D eigenvalue weighted by molar-refractivity contribution is 0.0725. The minimum atomic E-state index is -0.259. The van der Waals surface area contributed by atoms with Gasteiger partial charge in [-0.2, -0.15) is 0 Å². The summed E-state index contributed by atoms with van der Waals surface area (Å²) in [5.74, 6) is 0.393. The van der Waals surface area contributed by atoms with Crippen LogP contribution in [0.5, 0.6) is 5.75 Å². The molecule has 1 N–H and O–H groups in total. The Morgan fingerprint density at radius 3 is 2.39 bits per heavy atom. The fourth-order valence-corrected chi connectivity index (χ4v) is 3.15. The molecule has 1 fully saturated rings. The highest BCUT2D eigenvalue weighted by Crippen LogP contribution is 2.21. The molecular formula is C23H26N2O3. The molecule has 3 rings (SSSR count). The number of ether oxygens (including phenoxy) is 1. The number of amides is 2. The van der Waals surface area contributed by atoms with Crippen LogP contribution in [-0.2, 0) is 0 Å². The topological polar surface area (TPSA) is 58.6 Å². The van der Waals surface area contributed by atoms with Gasteiger partial charge >= 0.3 is 0 Å². The van der Waals surface area contributed by atoms with Crippen LogP contribution in [0.2, 0.25) is 0 Å². The van der Waals surface area contributed by atoms with E-state index in [1.165, 1.54) is 0 Å². The Morgan fingerprint density at radius 2 is 1.71 bits per heavy atom. The number of likely N-dealkylation sites (tertiary alicyclic amines) is 1. The van der Waals surface area contributed by atoms with E-state index in [1.54, 1.807) is 36.4 Å². The summed E-state index contributed by atoms with van der Waals surface area (Å²) in [4.78, 5) is 27.4. The van der Waals surface area contributed by atoms with Crippen molar-refractivity contribution in [2.75, 3.05) is 25.0 Å². The standard InChI is InChI=1S/C23H26N2O3/c1-17(2)16-28-19-12-10-18(11-13-19)22(26)24-21-9-5-4-8-20(21)23(27)25-14-6-3-7-15-25/h4-5,8-13H,1,3,6-7,14-16H2,2H3,(H,24,26). The minimum Gasteiger partial charge on any atom is -0.489 e. The van der Waals surface area contributed by atoms with Crippen LogP contribution >= 0.6 is 0 Å². The maximum atomic E-state index is 12.9. The molecule has 2 amide bonds. The third kappa shape index (κ3) is 5.00. The molecule has 0 saturated carbocycles. The number of para-hydroxylation sites is 1. The van der Waals surface area contributed by atoms with E-state index in [0.717, 1.165) is 37.9 Å². The van der Waals surface area contributed by atoms with Crippen molar-refractivity contribution < 1.29 is 14.3 Å². The lowest BCUT2D eigenvalue weighted by Crippen LogP contribution is -2.36. The van der Waals surface area contributed by atoms with Crippen molar-refractivity contribution >= 4 is 17.5 Å². The zero-order valence-corrected chi connectivity index (χ0v) is 16.2. The number of benzene rings is 2. The molecule has 1 aliphatic heterocycles. The summed E-state index contributed by atoms with van der Waals surface area (Å²) in [6.07, 6.45) is 3.22. The summed E-state index contributed by atoms with van der Waals surface area (Å²) < 4.78 is 5.56. The number of carbonyl (C=O) groups excluding carboxylic acids is 2. The van der Waals surface area contributed by atoms with Gasteiger partial charge < -0.3 is 15.0 Å². The lowest BCUT2D eigenvalue weighted by atomic mass is 10.1. The molecule has 0 aliphatic carbocycles. The fourth-order valence-electron chi connectivity index (χ4n) is 3.15. The fraction of sp³-hybridized carbons (Fsp3) is 0.304. The Morgan fingerprint density at radius 1 is 1.04 bits per heavy atom. The molecule has 5 nitrogen and oxygen atoms in total. The monoisotopic (exact) mass is 378 g/mol. The van der Waals surface area contributed by atoms with Crippen molar-refractivity contribution in [3.8, 4) is 5.75 Å². The van der Waals surface area contributed by atoms with Crippen LogP contribution in [0, 0.1) is 0 Å². The zero-order chi connectivity index (χ0) is 19.9. The molecule has 0 unspecified atom stereocenters. The van der Waals surface area contributed by atoms with E-state index in [2.05, 4.69) is 11.9 Å². The molecule has 1 heterocycles. The average molecular weight is 378 g/mol. The van der Waals surface area contributed by atoms with Gasteiger partial charge in [0.2, 0.25) is 0 Å². The second-order valence-corrected chi connectivity index (χ2v) is 7.12. The number of rotatable bonds is 6. The van der Waals surface area contributed by atoms with Crippen molar-refractivity contribution in [1.29, 1.82) is 0 Å². The summed E-state index contributed by atoms with van der Waals surface area (Å²) >= 11 is 0. The lowest BCUT2D eigenvalue weighted by Gasteiger charge is -2.27. The largest absolute Gasteiger partial charge is 0.489 e. The first-order valence-corrected chi connectivity index (χ1v) is 9.61. The van der Waals surface area contributed by atoms with Crippen LogP contribution in [0.1, 0.15) is 46.9 Å². The third-order valence-electron chi connectivity index (χ3n) is 4.65. The Kier molecular flexibility index (Phi) is 6.48. The Balaban J connectivity index is 1.70. The summed E-state index contributed by atoms with van der Waals surface area (Å²) in [6, 6.07) is 14.1. The zero-order valence-electron chi connectivity index (χ0n) is 16.2. The van der Waals surface area contributed by atoms with E-state index in [9.17, 15) is 9.59 Å². The first kappa shape index (κ1) is 19.7. The SMILES string of the molecule is C=C(C)COc1ccc(C(=O)Nc2ccccc2C(=O)N2CCCCC2)cc1. The molecule has 2 aromatic carbocycles. The van der Waals surface area contributed by atoms with Gasteiger partial charge in [-0.25, -0.2) is 0 Å². The highest BCUT2D eigenvalue weighted by Gasteiger charge is 2.21. The van der Waals surface area contributed by atoms with E-state index in [0.29, 0.717) is 29.2 Å². The molecule has 2 aromatic rings. The summed E-state index contributed by atoms with van der Waals surface area (Å²) in [5.41, 5.74) is 2.49. The van der Waals surface area contributed by atoms with Crippen LogP contribution in [0.15, 0.2) is 60.7 Å². The highest BCUT2D eigenvalue weighted by atomic mass is 16.5.